The van der Waals surface area contributed by atoms with Gasteiger partial charge in [-0.2, -0.15) is 0 Å². The number of alkyl halides is 2. The molecule has 0 saturated heterocycles. The highest BCUT2D eigenvalue weighted by Crippen LogP contribution is 2.61. The molecule has 0 radical (unpaired) electrons. The van der Waals surface area contributed by atoms with Crippen LogP contribution in [0.4, 0.5) is 14.5 Å². The van der Waals surface area contributed by atoms with E-state index in [1.807, 2.05) is 12.1 Å². The fraction of sp³-hybridized carbons (Fsp3) is 0.500. The highest BCUT2D eigenvalue weighted by atomic mass is 19.3. The number of nitrogens with zero attached hydrogens (tertiary/aromatic N) is 1. The number of nitrogens with two attached hydrogens (primary N) is 1. The summed E-state index contributed by atoms with van der Waals surface area (Å²) in [5.74, 6) is 1.41. The molecule has 3 N–H and O–H groups in total. The van der Waals surface area contributed by atoms with Crippen molar-refractivity contribution in [2.24, 2.45) is 22.6 Å². The van der Waals surface area contributed by atoms with Gasteiger partial charge in [-0.05, 0) is 53.7 Å². The molecule has 26 heavy (non-hydrogen) atoms. The Morgan fingerprint density at radius 1 is 1.31 bits per heavy atom. The van der Waals surface area contributed by atoms with Gasteiger partial charge in [0.05, 0.1) is 11.3 Å². The van der Waals surface area contributed by atoms with Crippen LogP contribution in [0.1, 0.15) is 49.7 Å². The van der Waals surface area contributed by atoms with Crippen LogP contribution in [-0.2, 0) is 4.79 Å². The Labute approximate surface area is 152 Å². The molecule has 1 aromatic carbocycles. The number of halogens is 2. The van der Waals surface area contributed by atoms with Crippen molar-refractivity contribution in [2.75, 3.05) is 12.4 Å². The van der Waals surface area contributed by atoms with Gasteiger partial charge in [-0.15, -0.1) is 0 Å². The standard InChI is InChI=1S/C20H25F2N3O/c1-10(2)16-12-7-8-13(16)17-11(12)5-4-6-15(17)25-20(26)14(9-24-3)18(23)19(21)22/h4-6,9-10,12-13,16,19H,7-8,23H2,1-3H3,(H,25,26). The van der Waals surface area contributed by atoms with Crippen LogP contribution in [0.2, 0.25) is 0 Å². The Balaban J connectivity index is 1.94. The predicted octanol–water partition coefficient (Wildman–Crippen LogP) is 4.05. The first kappa shape index (κ1) is 18.5. The van der Waals surface area contributed by atoms with Crippen LogP contribution in [-0.4, -0.2) is 25.6 Å². The molecule has 6 heteroatoms. The summed E-state index contributed by atoms with van der Waals surface area (Å²) in [5, 5.41) is 2.81. The van der Waals surface area contributed by atoms with Crippen molar-refractivity contribution in [1.82, 2.24) is 0 Å². The topological polar surface area (TPSA) is 67.5 Å². The first-order valence-corrected chi connectivity index (χ1v) is 9.00. The number of amides is 1. The van der Waals surface area contributed by atoms with Crippen molar-refractivity contribution in [1.29, 1.82) is 0 Å². The molecule has 1 aromatic rings. The molecule has 3 rings (SSSR count). The van der Waals surface area contributed by atoms with Crippen molar-refractivity contribution in [2.45, 2.75) is 45.0 Å². The summed E-state index contributed by atoms with van der Waals surface area (Å²) in [6, 6.07) is 5.89. The number of aliphatic imine (C=N–C) groups is 1. The van der Waals surface area contributed by atoms with E-state index in [-0.39, 0.29) is 5.57 Å². The van der Waals surface area contributed by atoms with E-state index < -0.39 is 18.0 Å². The molecule has 1 fully saturated rings. The van der Waals surface area contributed by atoms with E-state index in [1.54, 1.807) is 0 Å². The third kappa shape index (κ3) is 3.02. The van der Waals surface area contributed by atoms with Gasteiger partial charge < -0.3 is 11.1 Å². The van der Waals surface area contributed by atoms with Gasteiger partial charge in [0.1, 0.15) is 0 Å². The molecule has 140 valence electrons. The van der Waals surface area contributed by atoms with Crippen LogP contribution in [0, 0.1) is 11.8 Å². The smallest absolute Gasteiger partial charge is 0.278 e. The van der Waals surface area contributed by atoms with E-state index in [2.05, 4.69) is 30.2 Å². The van der Waals surface area contributed by atoms with Crippen LogP contribution < -0.4 is 11.1 Å². The first-order valence-electron chi connectivity index (χ1n) is 9.00. The summed E-state index contributed by atoms with van der Waals surface area (Å²) in [6.07, 6.45) is 0.454. The lowest BCUT2D eigenvalue weighted by Gasteiger charge is -2.21. The van der Waals surface area contributed by atoms with Gasteiger partial charge in [-0.3, -0.25) is 9.79 Å². The molecule has 3 unspecified atom stereocenters. The number of fused-ring (bicyclic) bond motifs is 5. The molecule has 0 aliphatic heterocycles. The van der Waals surface area contributed by atoms with E-state index in [9.17, 15) is 13.6 Å². The summed E-state index contributed by atoms with van der Waals surface area (Å²) in [6.45, 7) is 4.48. The number of benzene rings is 1. The quantitative estimate of drug-likeness (QED) is 0.614. The van der Waals surface area contributed by atoms with Crippen LogP contribution in [0.3, 0.4) is 0 Å². The van der Waals surface area contributed by atoms with Gasteiger partial charge in [0.15, 0.2) is 0 Å². The van der Waals surface area contributed by atoms with Crippen LogP contribution >= 0.6 is 0 Å². The second kappa shape index (κ2) is 7.17. The summed E-state index contributed by atoms with van der Waals surface area (Å²) in [5.41, 5.74) is 7.52. The van der Waals surface area contributed by atoms with Crippen molar-refractivity contribution < 1.29 is 13.6 Å². The normalized spacial score (nSPS) is 25.1. The van der Waals surface area contributed by atoms with Crippen molar-refractivity contribution in [3.8, 4) is 0 Å². The summed E-state index contributed by atoms with van der Waals surface area (Å²) < 4.78 is 25.9. The minimum Gasteiger partial charge on any atom is -0.397 e. The number of hydrogen-bond donors (Lipinski definition) is 2. The van der Waals surface area contributed by atoms with Crippen molar-refractivity contribution >= 4 is 17.8 Å². The number of hydrogen-bond acceptors (Lipinski definition) is 3. The number of rotatable bonds is 5. The lowest BCUT2D eigenvalue weighted by atomic mass is 9.85. The Hall–Kier alpha value is -2.24. The number of anilines is 1. The largest absolute Gasteiger partial charge is 0.397 e. The molecule has 1 saturated carbocycles. The SMILES string of the molecule is CN=CC(C(=O)Nc1cccc2c1C1CCC2C1C(C)C)=C(N)C(F)F. The molecular weight excluding hydrogens is 336 g/mol. The molecule has 2 aliphatic rings. The van der Waals surface area contributed by atoms with Gasteiger partial charge in [-0.25, -0.2) is 8.78 Å². The minimum absolute atomic E-state index is 0.288. The van der Waals surface area contributed by atoms with Gasteiger partial charge >= 0.3 is 0 Å². The second-order valence-electron chi connectivity index (χ2n) is 7.43. The monoisotopic (exact) mass is 361 g/mol. The molecule has 3 atom stereocenters. The van der Waals surface area contributed by atoms with Gasteiger partial charge in [-0.1, -0.05) is 26.0 Å². The zero-order valence-corrected chi connectivity index (χ0v) is 15.3. The third-order valence-electron chi connectivity index (χ3n) is 5.69. The van der Waals surface area contributed by atoms with E-state index in [0.717, 1.165) is 12.6 Å². The maximum Gasteiger partial charge on any atom is 0.278 e. The number of allylic oxidation sites excluding steroid dienone is 1. The van der Waals surface area contributed by atoms with Crippen LogP contribution in [0.25, 0.3) is 0 Å². The van der Waals surface area contributed by atoms with E-state index in [0.29, 0.717) is 29.4 Å². The van der Waals surface area contributed by atoms with E-state index in [4.69, 9.17) is 5.73 Å². The Morgan fingerprint density at radius 3 is 2.62 bits per heavy atom. The zero-order chi connectivity index (χ0) is 19.0. The number of carbonyl (C=O) groups excluding carboxylic acids is 1. The molecule has 2 aliphatic carbocycles. The molecule has 0 aromatic heterocycles. The number of carbonyl (C=O) groups is 1. The lowest BCUT2D eigenvalue weighted by Crippen LogP contribution is -2.23. The highest BCUT2D eigenvalue weighted by molar-refractivity contribution is 6.18. The molecule has 0 heterocycles. The molecule has 4 nitrogen and oxygen atoms in total. The Bertz CT molecular complexity index is 770. The Morgan fingerprint density at radius 2 is 2.00 bits per heavy atom. The van der Waals surface area contributed by atoms with Crippen LogP contribution in [0.5, 0.6) is 0 Å². The maximum absolute atomic E-state index is 13.0. The fourth-order valence-corrected chi connectivity index (χ4v) is 4.78. The van der Waals surface area contributed by atoms with Gasteiger partial charge in [0.25, 0.3) is 12.3 Å². The van der Waals surface area contributed by atoms with Gasteiger partial charge in [0.2, 0.25) is 0 Å². The predicted molar refractivity (Wildman–Crippen MR) is 99.7 cm³/mol. The second-order valence-corrected chi connectivity index (χ2v) is 7.43. The lowest BCUT2D eigenvalue weighted by molar-refractivity contribution is -0.112. The molecular formula is C20H25F2N3O. The summed E-state index contributed by atoms with van der Waals surface area (Å²) >= 11 is 0. The Kier molecular flexibility index (Phi) is 5.12. The van der Waals surface area contributed by atoms with Gasteiger partial charge in [0, 0.05) is 18.9 Å². The van der Waals surface area contributed by atoms with E-state index >= 15 is 0 Å². The average Bonchev–Trinajstić information content (AvgIpc) is 3.16. The van der Waals surface area contributed by atoms with Crippen LogP contribution in [0.15, 0.2) is 34.5 Å². The summed E-state index contributed by atoms with van der Waals surface area (Å²) in [7, 11) is 1.42. The molecule has 0 spiro atoms. The van der Waals surface area contributed by atoms with Crippen molar-refractivity contribution in [3.63, 3.8) is 0 Å². The maximum atomic E-state index is 13.0. The zero-order valence-electron chi connectivity index (χ0n) is 15.3. The third-order valence-corrected chi connectivity index (χ3v) is 5.69. The molecule has 1 amide bonds. The van der Waals surface area contributed by atoms with Crippen molar-refractivity contribution in [3.05, 3.63) is 40.6 Å². The molecule has 2 bridgehead atoms. The van der Waals surface area contributed by atoms with E-state index in [1.165, 1.54) is 24.6 Å². The summed E-state index contributed by atoms with van der Waals surface area (Å²) in [4.78, 5) is 16.3. The first-order chi connectivity index (χ1) is 12.4. The highest BCUT2D eigenvalue weighted by Gasteiger charge is 2.47. The number of nitrogens with one attached hydrogen (secondary N) is 1. The fourth-order valence-electron chi connectivity index (χ4n) is 4.78. The average molecular weight is 361 g/mol. The minimum atomic E-state index is -2.91.